The van der Waals surface area contributed by atoms with Gasteiger partial charge in [-0.15, -0.1) is 11.3 Å². The van der Waals surface area contributed by atoms with Crippen molar-refractivity contribution < 1.29 is 14.3 Å². The largest absolute Gasteiger partial charge is 0.458 e. The maximum absolute atomic E-state index is 12.1. The van der Waals surface area contributed by atoms with Gasteiger partial charge in [0.15, 0.2) is 5.78 Å². The van der Waals surface area contributed by atoms with Gasteiger partial charge in [-0.25, -0.2) is 9.78 Å². The van der Waals surface area contributed by atoms with Gasteiger partial charge in [0, 0.05) is 37.2 Å². The Kier molecular flexibility index (Phi) is 4.94. The zero-order chi connectivity index (χ0) is 17.1. The lowest BCUT2D eigenvalue weighted by atomic mass is 10.1. The second kappa shape index (κ2) is 7.13. The number of esters is 1. The molecule has 1 aliphatic rings. The lowest BCUT2D eigenvalue weighted by Crippen LogP contribution is -2.37. The molecule has 126 valence electrons. The summed E-state index contributed by atoms with van der Waals surface area (Å²) in [4.78, 5) is 30.3. The first-order valence-electron chi connectivity index (χ1n) is 8.02. The number of aryl methyl sites for hydroxylation is 1. The molecular formula is C18H20N2O3S. The number of ether oxygens (including phenoxy) is 1. The number of hydrogen-bond acceptors (Lipinski definition) is 6. The van der Waals surface area contributed by atoms with E-state index in [2.05, 4.69) is 9.88 Å². The third-order valence-electron chi connectivity index (χ3n) is 4.18. The SMILES string of the molecule is CC(=O)c1ccc(N2CCC(OC(=O)c3cnc(C)s3)CC2)cc1. The lowest BCUT2D eigenvalue weighted by molar-refractivity contribution is 0.0250. The van der Waals surface area contributed by atoms with E-state index in [4.69, 9.17) is 4.74 Å². The topological polar surface area (TPSA) is 59.5 Å². The van der Waals surface area contributed by atoms with Crippen LogP contribution in [0.4, 0.5) is 5.69 Å². The summed E-state index contributed by atoms with van der Waals surface area (Å²) in [5, 5.41) is 0.866. The summed E-state index contributed by atoms with van der Waals surface area (Å²) < 4.78 is 5.59. The number of piperidine rings is 1. The molecule has 6 heteroatoms. The molecule has 0 atom stereocenters. The van der Waals surface area contributed by atoms with Gasteiger partial charge in [0.25, 0.3) is 0 Å². The second-order valence-electron chi connectivity index (χ2n) is 5.94. The van der Waals surface area contributed by atoms with E-state index in [1.54, 1.807) is 13.1 Å². The van der Waals surface area contributed by atoms with Crippen molar-refractivity contribution in [2.75, 3.05) is 18.0 Å². The average Bonchev–Trinajstić information content (AvgIpc) is 3.02. The fourth-order valence-corrected chi connectivity index (χ4v) is 3.46. The van der Waals surface area contributed by atoms with Crippen LogP contribution in [0.5, 0.6) is 0 Å². The lowest BCUT2D eigenvalue weighted by Gasteiger charge is -2.33. The molecular weight excluding hydrogens is 324 g/mol. The number of Topliss-reactive ketones (excluding diaryl/α,β-unsaturated/α-hetero) is 1. The first kappa shape index (κ1) is 16.6. The summed E-state index contributed by atoms with van der Waals surface area (Å²) in [5.41, 5.74) is 1.82. The maximum atomic E-state index is 12.1. The van der Waals surface area contributed by atoms with Gasteiger partial charge in [0.05, 0.1) is 11.2 Å². The Labute approximate surface area is 145 Å². The molecule has 0 unspecified atom stereocenters. The molecule has 0 saturated carbocycles. The van der Waals surface area contributed by atoms with Crippen LogP contribution in [0.25, 0.3) is 0 Å². The first-order valence-corrected chi connectivity index (χ1v) is 8.84. The Morgan fingerprint density at radius 1 is 1.21 bits per heavy atom. The molecule has 2 aromatic rings. The number of nitrogens with zero attached hydrogens (tertiary/aromatic N) is 2. The smallest absolute Gasteiger partial charge is 0.350 e. The molecule has 0 bridgehead atoms. The van der Waals surface area contributed by atoms with Crippen LogP contribution in [-0.4, -0.2) is 35.9 Å². The highest BCUT2D eigenvalue weighted by atomic mass is 32.1. The van der Waals surface area contributed by atoms with Gasteiger partial charge in [-0.05, 0) is 38.1 Å². The van der Waals surface area contributed by atoms with Crippen LogP contribution < -0.4 is 4.90 Å². The van der Waals surface area contributed by atoms with Crippen LogP contribution in [0.1, 0.15) is 44.8 Å². The Morgan fingerprint density at radius 2 is 1.88 bits per heavy atom. The highest BCUT2D eigenvalue weighted by Crippen LogP contribution is 2.23. The summed E-state index contributed by atoms with van der Waals surface area (Å²) in [6, 6.07) is 7.66. The van der Waals surface area contributed by atoms with E-state index in [9.17, 15) is 9.59 Å². The van der Waals surface area contributed by atoms with Gasteiger partial charge in [0.2, 0.25) is 0 Å². The molecule has 3 rings (SSSR count). The highest BCUT2D eigenvalue weighted by molar-refractivity contribution is 7.13. The van der Waals surface area contributed by atoms with Crippen molar-refractivity contribution in [1.29, 1.82) is 0 Å². The van der Waals surface area contributed by atoms with Crippen molar-refractivity contribution in [2.24, 2.45) is 0 Å². The van der Waals surface area contributed by atoms with Crippen LogP contribution in [0.15, 0.2) is 30.5 Å². The molecule has 24 heavy (non-hydrogen) atoms. The van der Waals surface area contributed by atoms with E-state index < -0.39 is 0 Å². The number of benzene rings is 1. The van der Waals surface area contributed by atoms with Crippen molar-refractivity contribution in [3.63, 3.8) is 0 Å². The summed E-state index contributed by atoms with van der Waals surface area (Å²) in [7, 11) is 0. The molecule has 5 nitrogen and oxygen atoms in total. The molecule has 0 spiro atoms. The van der Waals surface area contributed by atoms with E-state index in [-0.39, 0.29) is 17.9 Å². The van der Waals surface area contributed by atoms with Crippen LogP contribution in [-0.2, 0) is 4.74 Å². The van der Waals surface area contributed by atoms with Gasteiger partial charge >= 0.3 is 5.97 Å². The standard InChI is InChI=1S/C18H20N2O3S/c1-12(21)14-3-5-15(6-4-14)20-9-7-16(8-10-20)23-18(22)17-11-19-13(2)24-17/h3-6,11,16H,7-10H2,1-2H3. The van der Waals surface area contributed by atoms with Gasteiger partial charge in [0.1, 0.15) is 11.0 Å². The maximum Gasteiger partial charge on any atom is 0.350 e. The fourth-order valence-electron chi connectivity index (χ4n) is 2.80. The summed E-state index contributed by atoms with van der Waals surface area (Å²) >= 11 is 1.36. The zero-order valence-electron chi connectivity index (χ0n) is 13.8. The molecule has 0 N–H and O–H groups in total. The van der Waals surface area contributed by atoms with Crippen molar-refractivity contribution >= 4 is 28.8 Å². The summed E-state index contributed by atoms with van der Waals surface area (Å²) in [6.45, 7) is 5.11. The van der Waals surface area contributed by atoms with Gasteiger partial charge in [-0.2, -0.15) is 0 Å². The minimum absolute atomic E-state index is 0.0485. The third kappa shape index (κ3) is 3.82. The van der Waals surface area contributed by atoms with Crippen LogP contribution >= 0.6 is 11.3 Å². The highest BCUT2D eigenvalue weighted by Gasteiger charge is 2.24. The van der Waals surface area contributed by atoms with Crippen LogP contribution in [0.3, 0.4) is 0 Å². The van der Waals surface area contributed by atoms with Crippen molar-refractivity contribution in [2.45, 2.75) is 32.8 Å². The number of rotatable bonds is 4. The predicted octanol–water partition coefficient (Wildman–Crippen LogP) is 3.48. The molecule has 0 radical (unpaired) electrons. The average molecular weight is 344 g/mol. The Hall–Kier alpha value is -2.21. The molecule has 1 aliphatic heterocycles. The van der Waals surface area contributed by atoms with E-state index in [0.717, 1.165) is 42.2 Å². The Bertz CT molecular complexity index is 731. The van der Waals surface area contributed by atoms with E-state index in [0.29, 0.717) is 4.88 Å². The molecule has 1 fully saturated rings. The number of carbonyl (C=O) groups excluding carboxylic acids is 2. The first-order chi connectivity index (χ1) is 11.5. The van der Waals surface area contributed by atoms with Gasteiger partial charge in [-0.3, -0.25) is 4.79 Å². The third-order valence-corrected chi connectivity index (χ3v) is 5.07. The molecule has 1 saturated heterocycles. The number of aromatic nitrogens is 1. The molecule has 1 aromatic heterocycles. The number of hydrogen-bond donors (Lipinski definition) is 0. The van der Waals surface area contributed by atoms with Crippen molar-refractivity contribution in [1.82, 2.24) is 4.98 Å². The molecule has 2 heterocycles. The number of thiazole rings is 1. The summed E-state index contributed by atoms with van der Waals surface area (Å²) in [6.07, 6.45) is 3.14. The zero-order valence-corrected chi connectivity index (χ0v) is 14.6. The Balaban J connectivity index is 1.53. The number of anilines is 1. The van der Waals surface area contributed by atoms with Crippen LogP contribution in [0.2, 0.25) is 0 Å². The van der Waals surface area contributed by atoms with Gasteiger partial charge < -0.3 is 9.64 Å². The summed E-state index contributed by atoms with van der Waals surface area (Å²) in [5.74, 6) is -0.199. The van der Waals surface area contributed by atoms with Crippen molar-refractivity contribution in [3.05, 3.63) is 45.9 Å². The number of ketones is 1. The minimum Gasteiger partial charge on any atom is -0.458 e. The second-order valence-corrected chi connectivity index (χ2v) is 7.17. The van der Waals surface area contributed by atoms with Crippen molar-refractivity contribution in [3.8, 4) is 0 Å². The monoisotopic (exact) mass is 344 g/mol. The molecule has 1 aromatic carbocycles. The fraction of sp³-hybridized carbons (Fsp3) is 0.389. The Morgan fingerprint density at radius 3 is 2.42 bits per heavy atom. The minimum atomic E-state index is -0.273. The van der Waals surface area contributed by atoms with Crippen LogP contribution in [0, 0.1) is 6.92 Å². The number of carbonyl (C=O) groups is 2. The molecule has 0 amide bonds. The van der Waals surface area contributed by atoms with E-state index >= 15 is 0 Å². The van der Waals surface area contributed by atoms with E-state index in [1.165, 1.54) is 11.3 Å². The predicted molar refractivity (Wildman–Crippen MR) is 93.9 cm³/mol. The van der Waals surface area contributed by atoms with Gasteiger partial charge in [-0.1, -0.05) is 0 Å². The molecule has 0 aliphatic carbocycles. The van der Waals surface area contributed by atoms with E-state index in [1.807, 2.05) is 31.2 Å². The quantitative estimate of drug-likeness (QED) is 0.628. The normalized spacial score (nSPS) is 15.3.